The summed E-state index contributed by atoms with van der Waals surface area (Å²) < 4.78 is 5.82. The number of nitrogens with zero attached hydrogens (tertiary/aromatic N) is 2. The van der Waals surface area contributed by atoms with E-state index in [2.05, 4.69) is 365 Å². The van der Waals surface area contributed by atoms with E-state index >= 15 is 0 Å². The second kappa shape index (κ2) is 22.3. The van der Waals surface area contributed by atoms with Crippen LogP contribution in [0.2, 0.25) is 0 Å². The normalized spacial score (nSPS) is 17.4. The van der Waals surface area contributed by atoms with Crippen LogP contribution >= 0.6 is 0 Å². The molecule has 0 fully saturated rings. The van der Waals surface area contributed by atoms with Crippen LogP contribution in [0.3, 0.4) is 0 Å². The largest absolute Gasteiger partial charge is 0.310 e. The van der Waals surface area contributed by atoms with Gasteiger partial charge in [-0.25, -0.2) is 0 Å². The van der Waals surface area contributed by atoms with Gasteiger partial charge < -0.3 is 9.13 Å². The van der Waals surface area contributed by atoms with Gasteiger partial charge in [0.2, 0.25) is 0 Å². The molecule has 3 heteroatoms. The molecule has 0 saturated heterocycles. The van der Waals surface area contributed by atoms with E-state index < -0.39 is 5.41 Å². The van der Waals surface area contributed by atoms with Crippen molar-refractivity contribution in [2.24, 2.45) is 0 Å². The molecule has 6 aliphatic rings. The Morgan fingerprint density at radius 2 is 0.700 bits per heavy atom. The third kappa shape index (κ3) is 9.85. The van der Waals surface area contributed by atoms with Crippen LogP contribution in [-0.4, -0.2) is 15.8 Å². The number of aromatic nitrogens is 2. The average Bonchev–Trinajstić information content (AvgIpc) is 1.45. The Balaban J connectivity index is 1.10. The Kier molecular flexibility index (Phi) is 14.5. The molecule has 0 saturated carbocycles. The molecule has 13 aromatic rings. The van der Waals surface area contributed by atoms with Crippen LogP contribution in [0, 0.1) is 0 Å². The molecule has 0 atom stereocenters. The van der Waals surface area contributed by atoms with Crippen LogP contribution in [-0.2, 0) is 59.6 Å². The maximum absolute atomic E-state index is 2.95. The lowest BCUT2D eigenvalue weighted by molar-refractivity contribution is 0.332. The summed E-state index contributed by atoms with van der Waals surface area (Å²) in [5.74, 6) is 0. The third-order valence-electron chi connectivity index (χ3n) is 28.5. The van der Waals surface area contributed by atoms with Gasteiger partial charge in [0.05, 0.1) is 22.1 Å². The van der Waals surface area contributed by atoms with Gasteiger partial charge in [-0.1, -0.05) is 307 Å². The number of rotatable bonds is 4. The van der Waals surface area contributed by atoms with Crippen molar-refractivity contribution in [1.29, 1.82) is 0 Å². The molecule has 3 aliphatic carbocycles. The molecule has 0 amide bonds. The van der Waals surface area contributed by atoms with Gasteiger partial charge in [-0.15, -0.1) is 0 Å². The smallest absolute Gasteiger partial charge is 0.253 e. The lowest BCUT2D eigenvalue weighted by Crippen LogP contribution is -2.61. The predicted molar refractivity (Wildman–Crippen MR) is 475 cm³/mol. The van der Waals surface area contributed by atoms with Crippen LogP contribution in [0.25, 0.3) is 111 Å². The van der Waals surface area contributed by atoms with Crippen molar-refractivity contribution in [2.45, 2.75) is 265 Å². The van der Waals surface area contributed by atoms with E-state index in [1.807, 2.05) is 0 Å². The van der Waals surface area contributed by atoms with Gasteiger partial charge in [-0.05, 0) is 272 Å². The Bertz CT molecular complexity index is 6150. The standard InChI is InChI=1S/C107H115BN2/c1-97(2,3)63-45-61(46-64(50-63)98(4,5)6)72-56-82-84(105(23,24)43-41-103(82,19)20)58-74(72)89-78-49-60-33-27-28-34-69(60)90-95(78)109(94(89)77-59-85-83(104(21,22)42-44-106(85,25)26)57-73(77)62-47-65(99(7,8)9)51-66(48-62)100(10,11)12)88-40-39-81-96-91(88)108(90)87-55-68(102(16,17)18)53-76-75-52-67(101(13,14)15)54-86(92(75)110(96)93(76)87)107(81)79-37-31-29-35-70(79)71-36-30-32-38-80(71)107/h27-40,45-59H,41-44H2,1-26H3. The van der Waals surface area contributed by atoms with E-state index in [1.165, 1.54) is 205 Å². The van der Waals surface area contributed by atoms with Gasteiger partial charge >= 0.3 is 0 Å². The molecule has 0 radical (unpaired) electrons. The van der Waals surface area contributed by atoms with Gasteiger partial charge in [0.1, 0.15) is 0 Å². The summed E-state index contributed by atoms with van der Waals surface area (Å²) in [7, 11) is 0. The first-order chi connectivity index (χ1) is 51.3. The molecule has 5 heterocycles. The second-order valence-electron chi connectivity index (χ2n) is 43.9. The van der Waals surface area contributed by atoms with E-state index in [0.717, 1.165) is 25.7 Å². The second-order valence-corrected chi connectivity index (χ2v) is 43.9. The zero-order valence-electron chi connectivity index (χ0n) is 71.0. The van der Waals surface area contributed by atoms with Crippen molar-refractivity contribution < 1.29 is 0 Å². The number of hydrogen-bond acceptors (Lipinski definition) is 0. The molecule has 110 heavy (non-hydrogen) atoms. The molecule has 2 aromatic heterocycles. The van der Waals surface area contributed by atoms with Crippen molar-refractivity contribution in [3.05, 3.63) is 254 Å². The first-order valence-electron chi connectivity index (χ1n) is 41.7. The van der Waals surface area contributed by atoms with Crippen molar-refractivity contribution in [3.8, 4) is 67.1 Å². The van der Waals surface area contributed by atoms with Gasteiger partial charge in [-0.3, -0.25) is 0 Å². The van der Waals surface area contributed by atoms with E-state index in [4.69, 9.17) is 0 Å². The van der Waals surface area contributed by atoms with Crippen LogP contribution in [0.5, 0.6) is 0 Å². The highest BCUT2D eigenvalue weighted by Gasteiger charge is 2.56. The van der Waals surface area contributed by atoms with Crippen LogP contribution < -0.4 is 16.4 Å². The molecule has 0 N–H and O–H groups in total. The summed E-state index contributed by atoms with van der Waals surface area (Å²) in [6, 6.07) is 74.0. The maximum Gasteiger partial charge on any atom is 0.253 e. The molecule has 19 rings (SSSR count). The summed E-state index contributed by atoms with van der Waals surface area (Å²) in [6.45, 7) is 64.0. The van der Waals surface area contributed by atoms with Crippen LogP contribution in [0.1, 0.15) is 284 Å². The average molecular weight is 1440 g/mol. The van der Waals surface area contributed by atoms with Gasteiger partial charge in [0, 0.05) is 44.2 Å². The highest BCUT2D eigenvalue weighted by atomic mass is 15.1. The van der Waals surface area contributed by atoms with Crippen molar-refractivity contribution >= 4 is 66.6 Å². The van der Waals surface area contributed by atoms with E-state index in [9.17, 15) is 0 Å². The van der Waals surface area contributed by atoms with Crippen molar-refractivity contribution in [2.75, 3.05) is 0 Å². The quantitative estimate of drug-likeness (QED) is 0.155. The molecule has 2 nitrogen and oxygen atoms in total. The maximum atomic E-state index is 2.95. The number of fused-ring (bicyclic) bond motifs is 15. The summed E-state index contributed by atoms with van der Waals surface area (Å²) in [5, 5.41) is 6.64. The summed E-state index contributed by atoms with van der Waals surface area (Å²) in [5.41, 5.74) is 41.8. The van der Waals surface area contributed by atoms with E-state index in [-0.39, 0.29) is 60.9 Å². The Labute approximate surface area is 657 Å². The molecular formula is C107H115BN2. The predicted octanol–water partition coefficient (Wildman–Crippen LogP) is 26.9. The zero-order chi connectivity index (χ0) is 77.9. The SMILES string of the molecule is CC(C)(C)c1cc(-c2cc3c(cc2-c2c(-c4cc5c(cc4-c4cc(C(C)(C)C)cc(C(C)(C)C)c4)C(C)(C)CCC5(C)C)n4c5c(c6ccccc6cc25)B2c5c-4ccc4c5-n5c6c2cc(C(C)(C)C)cc6c2cc(C(C)(C)C)cc(c25)C42c4ccccc4-c4ccccc42)C(C)(C)CCC3(C)C)cc(C(C)(C)C)c1. The summed E-state index contributed by atoms with van der Waals surface area (Å²) in [6.07, 6.45) is 4.45. The Hall–Kier alpha value is -8.92. The molecule has 556 valence electrons. The van der Waals surface area contributed by atoms with Crippen molar-refractivity contribution in [3.63, 3.8) is 0 Å². The monoisotopic (exact) mass is 1440 g/mol. The van der Waals surface area contributed by atoms with Gasteiger partial charge in [-0.2, -0.15) is 0 Å². The van der Waals surface area contributed by atoms with Gasteiger partial charge in [0.25, 0.3) is 6.71 Å². The first kappa shape index (κ1) is 71.4. The molecule has 3 aliphatic heterocycles. The molecular weight excluding hydrogens is 1320 g/mol. The third-order valence-corrected chi connectivity index (χ3v) is 28.5. The molecule has 11 aromatic carbocycles. The van der Waals surface area contributed by atoms with E-state index in [1.54, 1.807) is 0 Å². The number of benzene rings is 11. The van der Waals surface area contributed by atoms with Crippen molar-refractivity contribution in [1.82, 2.24) is 9.13 Å². The minimum absolute atomic E-state index is 0.0668. The first-order valence-corrected chi connectivity index (χ1v) is 41.7. The minimum atomic E-state index is -0.658. The zero-order valence-corrected chi connectivity index (χ0v) is 71.0. The molecule has 0 bridgehead atoms. The van der Waals surface area contributed by atoms with Crippen LogP contribution in [0.4, 0.5) is 0 Å². The lowest BCUT2D eigenvalue weighted by atomic mass is 9.33. The Morgan fingerprint density at radius 3 is 1.18 bits per heavy atom. The summed E-state index contributed by atoms with van der Waals surface area (Å²) in [4.78, 5) is 0. The fourth-order valence-electron chi connectivity index (χ4n) is 21.6. The summed E-state index contributed by atoms with van der Waals surface area (Å²) >= 11 is 0. The topological polar surface area (TPSA) is 9.86 Å². The van der Waals surface area contributed by atoms with E-state index in [0.29, 0.717) is 0 Å². The van der Waals surface area contributed by atoms with Gasteiger partial charge in [0.15, 0.2) is 0 Å². The highest BCUT2D eigenvalue weighted by Crippen LogP contribution is 2.64. The molecule has 1 spiro atoms. The number of hydrogen-bond donors (Lipinski definition) is 0. The lowest BCUT2D eigenvalue weighted by Gasteiger charge is -2.44. The fraction of sp³-hybridized carbons (Fsp3) is 0.383. The highest BCUT2D eigenvalue weighted by molar-refractivity contribution is 7.01. The fourth-order valence-corrected chi connectivity index (χ4v) is 21.6. The molecule has 0 unspecified atom stereocenters. The minimum Gasteiger partial charge on any atom is -0.310 e. The Morgan fingerprint density at radius 1 is 0.291 bits per heavy atom. The van der Waals surface area contributed by atoms with Crippen LogP contribution in [0.15, 0.2) is 176 Å².